The Morgan fingerprint density at radius 1 is 0.110 bits per heavy atom. The summed E-state index contributed by atoms with van der Waals surface area (Å²) in [5, 5.41) is 14.2. The van der Waals surface area contributed by atoms with E-state index in [2.05, 4.69) is 420 Å². The van der Waals surface area contributed by atoms with Gasteiger partial charge in [-0.25, -0.2) is 0 Å². The molecule has 18 aromatic rings. The molecule has 470 valence electrons. The third-order valence-electron chi connectivity index (χ3n) is 19.7. The predicted octanol–water partition coefficient (Wildman–Crippen LogP) is 27.5. The molecule has 0 heterocycles. The van der Waals surface area contributed by atoms with Gasteiger partial charge in [0, 0.05) is 83.5 Å². The number of fused-ring (bicyclic) bond motifs is 6. The molecule has 0 aliphatic heterocycles. The van der Waals surface area contributed by atoms with Gasteiger partial charge in [0.05, 0.1) is 17.1 Å². The highest BCUT2D eigenvalue weighted by Gasteiger charge is 2.27. The van der Waals surface area contributed by atoms with Gasteiger partial charge in [-0.3, -0.25) is 0 Å². The number of anilines is 12. The Bertz CT molecular complexity index is 5110. The largest absolute Gasteiger partial charge is 0.311 e. The van der Waals surface area contributed by atoms with Gasteiger partial charge in [-0.2, -0.15) is 0 Å². The average Bonchev–Trinajstić information content (AvgIpc) is 0.742. The van der Waals surface area contributed by atoms with Crippen molar-refractivity contribution in [3.05, 3.63) is 400 Å². The van der Waals surface area contributed by atoms with E-state index in [-0.39, 0.29) is 0 Å². The van der Waals surface area contributed by atoms with E-state index in [4.69, 9.17) is 0 Å². The molecule has 0 bridgehead atoms. The Labute approximate surface area is 582 Å². The summed E-state index contributed by atoms with van der Waals surface area (Å²) in [4.78, 5) is 9.68. The summed E-state index contributed by atoms with van der Waals surface area (Å²) < 4.78 is 0. The third-order valence-corrected chi connectivity index (χ3v) is 19.7. The van der Waals surface area contributed by atoms with Crippen LogP contribution in [0.5, 0.6) is 0 Å². The lowest BCUT2D eigenvalue weighted by atomic mass is 9.89. The fourth-order valence-corrected chi connectivity index (χ4v) is 15.4. The maximum absolute atomic E-state index is 2.42. The molecule has 100 heavy (non-hydrogen) atoms. The van der Waals surface area contributed by atoms with E-state index < -0.39 is 0 Å². The molecule has 0 radical (unpaired) electrons. The number of para-hydroxylation sites is 6. The summed E-state index contributed by atoms with van der Waals surface area (Å²) in [7, 11) is 0. The van der Waals surface area contributed by atoms with Crippen LogP contribution in [0.3, 0.4) is 0 Å². The first-order valence-corrected chi connectivity index (χ1v) is 34.3. The zero-order chi connectivity index (χ0) is 66.3. The van der Waals surface area contributed by atoms with Crippen molar-refractivity contribution >= 4 is 133 Å². The smallest absolute Gasteiger partial charge is 0.0618 e. The van der Waals surface area contributed by atoms with Gasteiger partial charge in [0.2, 0.25) is 0 Å². The van der Waals surface area contributed by atoms with Gasteiger partial charge in [-0.15, -0.1) is 0 Å². The predicted molar refractivity (Wildman–Crippen MR) is 427 cm³/mol. The molecular weight excluding hydrogens is 1210 g/mol. The van der Waals surface area contributed by atoms with Gasteiger partial charge in [0.15, 0.2) is 0 Å². The first-order valence-electron chi connectivity index (χ1n) is 34.3. The van der Waals surface area contributed by atoms with Crippen LogP contribution in [0.25, 0.3) is 98.0 Å². The van der Waals surface area contributed by atoms with Crippen LogP contribution >= 0.6 is 0 Å². The standard InChI is InChI=1S/C96H66N4/c1-7-31-70(32-8-1)98(71-33-9-2-10-34-71)94-85-49-25-19-43-79(85)91(80-44-20-26-50-86(80)94)67-55-61-76(62-56-67)97(77-63-57-68(58-64-77)92-81-45-21-27-51-87(81)95(88-52-28-22-46-82(88)92)99(72-35-11-3-12-36-72)73-37-13-4-14-38-73)78-65-59-69(60-66-78)93-83-47-23-29-53-89(83)96(90-54-30-24-48-84(90)93)100(74-39-15-5-16-40-74)75-41-17-6-18-42-75/h1-66H. The molecular formula is C96H66N4. The van der Waals surface area contributed by atoms with Crippen molar-refractivity contribution < 1.29 is 0 Å². The zero-order valence-corrected chi connectivity index (χ0v) is 54.9. The van der Waals surface area contributed by atoms with Gasteiger partial charge >= 0.3 is 0 Å². The first-order chi connectivity index (χ1) is 49.7. The molecule has 0 aliphatic carbocycles. The maximum atomic E-state index is 2.42. The molecule has 0 N–H and O–H groups in total. The van der Waals surface area contributed by atoms with E-state index in [0.717, 1.165) is 84.9 Å². The van der Waals surface area contributed by atoms with Gasteiger partial charge in [-0.05, 0) is 175 Å². The van der Waals surface area contributed by atoms with E-state index in [1.54, 1.807) is 0 Å². The highest BCUT2D eigenvalue weighted by molar-refractivity contribution is 6.25. The van der Waals surface area contributed by atoms with Crippen LogP contribution in [0.15, 0.2) is 400 Å². The van der Waals surface area contributed by atoms with Crippen LogP contribution in [-0.2, 0) is 0 Å². The van der Waals surface area contributed by atoms with Crippen molar-refractivity contribution in [2.24, 2.45) is 0 Å². The molecule has 0 aliphatic rings. The second-order valence-electron chi connectivity index (χ2n) is 25.4. The van der Waals surface area contributed by atoms with Crippen LogP contribution < -0.4 is 19.6 Å². The number of nitrogens with zero attached hydrogens (tertiary/aromatic N) is 4. The fraction of sp³-hybridized carbons (Fsp3) is 0. The first kappa shape index (κ1) is 59.2. The van der Waals surface area contributed by atoms with Crippen molar-refractivity contribution in [3.8, 4) is 33.4 Å². The van der Waals surface area contributed by atoms with Crippen molar-refractivity contribution in [1.82, 2.24) is 0 Å². The summed E-state index contributed by atoms with van der Waals surface area (Å²) in [6.45, 7) is 0. The van der Waals surface area contributed by atoms with Crippen molar-refractivity contribution in [2.45, 2.75) is 0 Å². The molecule has 0 unspecified atom stereocenters. The lowest BCUT2D eigenvalue weighted by molar-refractivity contribution is 1.28. The SMILES string of the molecule is c1ccc(N(c2ccccc2)c2c3ccccc3c(-c3ccc(N(c4ccc(-c5c6ccccc6c(N(c6ccccc6)c6ccccc6)c6ccccc56)cc4)c4ccc(-c5c6ccccc6c(N(c6ccccc6)c6ccccc6)c6ccccc56)cc4)cc3)c3ccccc23)cc1. The molecule has 4 nitrogen and oxygen atoms in total. The number of hydrogen-bond donors (Lipinski definition) is 0. The summed E-state index contributed by atoms with van der Waals surface area (Å²) in [6.07, 6.45) is 0. The molecule has 18 aromatic carbocycles. The molecule has 18 rings (SSSR count). The Morgan fingerprint density at radius 2 is 0.250 bits per heavy atom. The molecule has 4 heteroatoms. The zero-order valence-electron chi connectivity index (χ0n) is 54.9. The Morgan fingerprint density at radius 3 is 0.420 bits per heavy atom. The van der Waals surface area contributed by atoms with Gasteiger partial charge in [0.25, 0.3) is 0 Å². The van der Waals surface area contributed by atoms with E-state index in [9.17, 15) is 0 Å². The molecule has 0 spiro atoms. The Hall–Kier alpha value is -13.3. The summed E-state index contributed by atoms with van der Waals surface area (Å²) in [5.41, 5.74) is 20.2. The Kier molecular flexibility index (Phi) is 15.2. The molecule has 0 aromatic heterocycles. The minimum absolute atomic E-state index is 1.04. The molecule has 0 amide bonds. The second-order valence-corrected chi connectivity index (χ2v) is 25.4. The minimum Gasteiger partial charge on any atom is -0.311 e. The second kappa shape index (κ2) is 25.7. The highest BCUT2D eigenvalue weighted by Crippen LogP contribution is 2.53. The fourth-order valence-electron chi connectivity index (χ4n) is 15.4. The van der Waals surface area contributed by atoms with E-state index in [0.29, 0.717) is 0 Å². The molecule has 0 atom stereocenters. The van der Waals surface area contributed by atoms with Crippen molar-refractivity contribution in [1.29, 1.82) is 0 Å². The Balaban J connectivity index is 0.801. The van der Waals surface area contributed by atoms with Crippen LogP contribution in [-0.4, -0.2) is 0 Å². The third kappa shape index (κ3) is 10.4. The van der Waals surface area contributed by atoms with Crippen LogP contribution in [0.4, 0.5) is 68.2 Å². The summed E-state index contributed by atoms with van der Waals surface area (Å²) >= 11 is 0. The lowest BCUT2D eigenvalue weighted by Crippen LogP contribution is -2.11. The topological polar surface area (TPSA) is 13.0 Å². The lowest BCUT2D eigenvalue weighted by Gasteiger charge is -2.30. The van der Waals surface area contributed by atoms with E-state index >= 15 is 0 Å². The monoisotopic (exact) mass is 1270 g/mol. The number of benzene rings is 18. The average molecular weight is 1280 g/mol. The highest BCUT2D eigenvalue weighted by atomic mass is 15.2. The minimum atomic E-state index is 1.04. The molecule has 0 saturated heterocycles. The molecule has 0 saturated carbocycles. The van der Waals surface area contributed by atoms with Crippen molar-refractivity contribution in [2.75, 3.05) is 19.6 Å². The quantitative estimate of drug-likeness (QED) is 0.0949. The maximum Gasteiger partial charge on any atom is 0.0618 e. The normalized spacial score (nSPS) is 11.4. The van der Waals surface area contributed by atoms with E-state index in [1.807, 2.05) is 0 Å². The van der Waals surface area contributed by atoms with Crippen LogP contribution in [0.2, 0.25) is 0 Å². The summed E-state index contributed by atoms with van der Waals surface area (Å²) in [5.74, 6) is 0. The number of hydrogen-bond acceptors (Lipinski definition) is 4. The van der Waals surface area contributed by atoms with Crippen LogP contribution in [0.1, 0.15) is 0 Å². The van der Waals surface area contributed by atoms with Crippen molar-refractivity contribution in [3.63, 3.8) is 0 Å². The van der Waals surface area contributed by atoms with Crippen LogP contribution in [0, 0.1) is 0 Å². The van der Waals surface area contributed by atoms with Gasteiger partial charge in [-0.1, -0.05) is 291 Å². The molecule has 0 fully saturated rings. The van der Waals surface area contributed by atoms with Gasteiger partial charge < -0.3 is 19.6 Å². The summed E-state index contributed by atoms with van der Waals surface area (Å²) in [6, 6.07) is 146. The number of rotatable bonds is 15. The van der Waals surface area contributed by atoms with E-state index in [1.165, 1.54) is 81.3 Å². The van der Waals surface area contributed by atoms with Gasteiger partial charge in [0.1, 0.15) is 0 Å².